The predicted molar refractivity (Wildman–Crippen MR) is 103 cm³/mol. The van der Waals surface area contributed by atoms with Crippen LogP contribution < -0.4 is 10.2 Å². The quantitative estimate of drug-likeness (QED) is 0.563. The van der Waals surface area contributed by atoms with Crippen LogP contribution in [0.25, 0.3) is 21.8 Å². The summed E-state index contributed by atoms with van der Waals surface area (Å²) < 4.78 is 10.7. The largest absolute Gasteiger partial charge is 0.449 e. The normalized spacial score (nSPS) is 13.5. The lowest BCUT2D eigenvalue weighted by atomic mass is 10.0. The zero-order valence-electron chi connectivity index (χ0n) is 15.1. The highest BCUT2D eigenvalue weighted by Gasteiger charge is 2.26. The number of ether oxygens (including phenoxy) is 2. The van der Waals surface area contributed by atoms with Crippen LogP contribution in [0.5, 0.6) is 0 Å². The standard InChI is InChI=1S/C20H19N3O4/c1-3-27-20(25)23-11-26-10-15-17(23)7-5-13-8-12-4-6-16(21-2)14(9-24)18(12)22-19(13)15/h4-9,21H,3,10-11H2,1-2H3. The molecule has 0 spiro atoms. The third-order valence-electron chi connectivity index (χ3n) is 4.71. The van der Waals surface area contributed by atoms with Gasteiger partial charge in [-0.2, -0.15) is 0 Å². The molecule has 1 amide bonds. The number of aldehydes is 1. The molecule has 1 aliphatic rings. The van der Waals surface area contributed by atoms with E-state index in [1.54, 1.807) is 14.0 Å². The zero-order chi connectivity index (χ0) is 19.0. The van der Waals surface area contributed by atoms with Gasteiger partial charge in [-0.15, -0.1) is 0 Å². The first-order valence-corrected chi connectivity index (χ1v) is 8.72. The summed E-state index contributed by atoms with van der Waals surface area (Å²) in [5, 5.41) is 4.82. The lowest BCUT2D eigenvalue weighted by Gasteiger charge is -2.29. The minimum absolute atomic E-state index is 0.133. The molecule has 0 saturated heterocycles. The van der Waals surface area contributed by atoms with Gasteiger partial charge in [0, 0.05) is 29.1 Å². The van der Waals surface area contributed by atoms with Crippen molar-refractivity contribution in [2.45, 2.75) is 13.5 Å². The number of amides is 1. The summed E-state index contributed by atoms with van der Waals surface area (Å²) in [6.07, 6.45) is 0.355. The molecule has 0 radical (unpaired) electrons. The van der Waals surface area contributed by atoms with E-state index in [-0.39, 0.29) is 13.3 Å². The highest BCUT2D eigenvalue weighted by molar-refractivity contribution is 6.06. The SMILES string of the molecule is CCOC(=O)N1COCc2c1ccc1cc3ccc(NC)c(C=O)c3nc21. The Morgan fingerprint density at radius 2 is 2.07 bits per heavy atom. The van der Waals surface area contributed by atoms with Crippen LogP contribution in [0.4, 0.5) is 16.2 Å². The molecule has 0 saturated carbocycles. The van der Waals surface area contributed by atoms with Gasteiger partial charge in [-0.25, -0.2) is 9.78 Å². The fourth-order valence-corrected chi connectivity index (χ4v) is 3.43. The lowest BCUT2D eigenvalue weighted by molar-refractivity contribution is 0.0975. The second-order valence-electron chi connectivity index (χ2n) is 6.19. The van der Waals surface area contributed by atoms with E-state index in [0.29, 0.717) is 23.2 Å². The molecule has 2 aromatic carbocycles. The third kappa shape index (κ3) is 2.76. The van der Waals surface area contributed by atoms with Crippen LogP contribution in [0, 0.1) is 0 Å². The molecule has 3 aromatic rings. The van der Waals surface area contributed by atoms with Crippen LogP contribution in [0.2, 0.25) is 0 Å². The minimum Gasteiger partial charge on any atom is -0.449 e. The van der Waals surface area contributed by atoms with Crippen LogP contribution in [0.15, 0.2) is 30.3 Å². The maximum Gasteiger partial charge on any atom is 0.416 e. The zero-order valence-corrected chi connectivity index (χ0v) is 15.1. The van der Waals surface area contributed by atoms with Gasteiger partial charge < -0.3 is 14.8 Å². The van der Waals surface area contributed by atoms with E-state index in [1.807, 2.05) is 30.3 Å². The Morgan fingerprint density at radius 1 is 1.30 bits per heavy atom. The van der Waals surface area contributed by atoms with E-state index in [1.165, 1.54) is 4.90 Å². The number of aromatic nitrogens is 1. The topological polar surface area (TPSA) is 80.8 Å². The molecule has 4 rings (SSSR count). The van der Waals surface area contributed by atoms with E-state index in [2.05, 4.69) is 5.32 Å². The highest BCUT2D eigenvalue weighted by atomic mass is 16.6. The number of hydrogen-bond donors (Lipinski definition) is 1. The molecular weight excluding hydrogens is 346 g/mol. The van der Waals surface area contributed by atoms with Gasteiger partial charge in [-0.3, -0.25) is 9.69 Å². The average molecular weight is 365 g/mol. The van der Waals surface area contributed by atoms with Gasteiger partial charge in [0.25, 0.3) is 0 Å². The Morgan fingerprint density at radius 3 is 2.81 bits per heavy atom. The summed E-state index contributed by atoms with van der Waals surface area (Å²) in [6.45, 7) is 2.52. The van der Waals surface area contributed by atoms with Gasteiger partial charge >= 0.3 is 6.09 Å². The van der Waals surface area contributed by atoms with Gasteiger partial charge in [0.2, 0.25) is 0 Å². The summed E-state index contributed by atoms with van der Waals surface area (Å²) in [6, 6.07) is 9.59. The lowest BCUT2D eigenvalue weighted by Crippen LogP contribution is -2.37. The van der Waals surface area contributed by atoms with Crippen LogP contribution in [-0.2, 0) is 16.1 Å². The minimum atomic E-state index is -0.454. The first-order valence-electron chi connectivity index (χ1n) is 8.72. The summed E-state index contributed by atoms with van der Waals surface area (Å²) >= 11 is 0. The molecule has 0 fully saturated rings. The molecule has 7 heteroatoms. The Labute approximate surface area is 155 Å². The van der Waals surface area contributed by atoms with Gasteiger partial charge in [0.15, 0.2) is 6.29 Å². The van der Waals surface area contributed by atoms with Crippen LogP contribution >= 0.6 is 0 Å². The number of nitrogens with one attached hydrogen (secondary N) is 1. The number of anilines is 2. The molecule has 0 unspecified atom stereocenters. The van der Waals surface area contributed by atoms with Crippen molar-refractivity contribution in [1.29, 1.82) is 0 Å². The van der Waals surface area contributed by atoms with Crippen LogP contribution in [-0.4, -0.2) is 37.7 Å². The third-order valence-corrected chi connectivity index (χ3v) is 4.71. The number of rotatable bonds is 3. The van der Waals surface area contributed by atoms with E-state index >= 15 is 0 Å². The smallest absolute Gasteiger partial charge is 0.416 e. The van der Waals surface area contributed by atoms with Crippen LogP contribution in [0.3, 0.4) is 0 Å². The van der Waals surface area contributed by atoms with E-state index < -0.39 is 6.09 Å². The number of hydrogen-bond acceptors (Lipinski definition) is 6. The number of carbonyl (C=O) groups is 2. The molecule has 1 aliphatic heterocycles. The maximum atomic E-state index is 12.2. The van der Waals surface area contributed by atoms with Crippen molar-refractivity contribution >= 4 is 45.6 Å². The fourth-order valence-electron chi connectivity index (χ4n) is 3.43. The molecule has 1 N–H and O–H groups in total. The Bertz CT molecular complexity index is 1060. The van der Waals surface area contributed by atoms with E-state index in [0.717, 1.165) is 34.0 Å². The van der Waals surface area contributed by atoms with Gasteiger partial charge in [0.1, 0.15) is 6.73 Å². The highest BCUT2D eigenvalue weighted by Crippen LogP contribution is 2.34. The van der Waals surface area contributed by atoms with Crippen molar-refractivity contribution in [1.82, 2.24) is 4.98 Å². The molecule has 0 bridgehead atoms. The molecule has 2 heterocycles. The van der Waals surface area contributed by atoms with Crippen molar-refractivity contribution in [3.63, 3.8) is 0 Å². The Hall–Kier alpha value is -3.19. The number of benzene rings is 2. The van der Waals surface area contributed by atoms with E-state index in [9.17, 15) is 9.59 Å². The number of pyridine rings is 1. The first kappa shape index (κ1) is 17.2. The Balaban J connectivity index is 1.96. The maximum absolute atomic E-state index is 12.2. The van der Waals surface area contributed by atoms with Crippen molar-refractivity contribution in [2.75, 3.05) is 30.6 Å². The Kier molecular flexibility index (Phi) is 4.37. The first-order chi connectivity index (χ1) is 13.2. The predicted octanol–water partition coefficient (Wildman–Crippen LogP) is 3.69. The summed E-state index contributed by atoms with van der Waals surface area (Å²) in [7, 11) is 1.77. The number of nitrogens with zero attached hydrogens (tertiary/aromatic N) is 2. The molecule has 138 valence electrons. The molecule has 0 aliphatic carbocycles. The number of carbonyl (C=O) groups excluding carboxylic acids is 2. The summed E-state index contributed by atoms with van der Waals surface area (Å²) in [5.74, 6) is 0. The molecular formula is C20H19N3O4. The molecule has 1 aromatic heterocycles. The second-order valence-corrected chi connectivity index (χ2v) is 6.19. The van der Waals surface area contributed by atoms with Crippen molar-refractivity contribution in [3.8, 4) is 0 Å². The monoisotopic (exact) mass is 365 g/mol. The van der Waals surface area contributed by atoms with Crippen molar-refractivity contribution < 1.29 is 19.1 Å². The van der Waals surface area contributed by atoms with Gasteiger partial charge in [-0.1, -0.05) is 12.1 Å². The van der Waals surface area contributed by atoms with E-state index in [4.69, 9.17) is 14.5 Å². The van der Waals surface area contributed by atoms with Crippen molar-refractivity contribution in [2.24, 2.45) is 0 Å². The summed E-state index contributed by atoms with van der Waals surface area (Å²) in [4.78, 5) is 30.1. The summed E-state index contributed by atoms with van der Waals surface area (Å²) in [5.41, 5.74) is 4.08. The van der Waals surface area contributed by atoms with Crippen molar-refractivity contribution in [3.05, 3.63) is 41.5 Å². The van der Waals surface area contributed by atoms with Gasteiger partial charge in [0.05, 0.1) is 35.5 Å². The fraction of sp³-hybridized carbons (Fsp3) is 0.250. The molecule has 0 atom stereocenters. The second kappa shape index (κ2) is 6.85. The molecule has 7 nitrogen and oxygen atoms in total. The van der Waals surface area contributed by atoms with Crippen LogP contribution in [0.1, 0.15) is 22.8 Å². The molecule has 27 heavy (non-hydrogen) atoms. The van der Waals surface area contributed by atoms with Gasteiger partial charge in [-0.05, 0) is 25.1 Å². The number of fused-ring (bicyclic) bond motifs is 4. The average Bonchev–Trinajstić information content (AvgIpc) is 2.70.